The molecule has 0 atom stereocenters. The summed E-state index contributed by atoms with van der Waals surface area (Å²) in [4.78, 5) is 11.6. The predicted molar refractivity (Wildman–Crippen MR) is 86.3 cm³/mol. The van der Waals surface area contributed by atoms with Crippen molar-refractivity contribution >= 4 is 28.0 Å². The van der Waals surface area contributed by atoms with Crippen molar-refractivity contribution in [2.75, 3.05) is 0 Å². The Hall–Kier alpha value is -2.81. The molecular weight excluding hydrogens is 276 g/mol. The second-order valence-corrected chi connectivity index (χ2v) is 5.46. The highest BCUT2D eigenvalue weighted by Gasteiger charge is 2.20. The monoisotopic (exact) mass is 290 g/mol. The minimum absolute atomic E-state index is 0.662. The molecule has 3 nitrogen and oxygen atoms in total. The largest absolute Gasteiger partial charge is 0.461 e. The molecule has 0 saturated heterocycles. The van der Waals surface area contributed by atoms with E-state index in [0.717, 1.165) is 45.3 Å². The quantitative estimate of drug-likeness (QED) is 0.472. The van der Waals surface area contributed by atoms with Gasteiger partial charge in [-0.1, -0.05) is 24.3 Å². The number of rotatable bonds is 2. The third-order valence-electron chi connectivity index (χ3n) is 3.96. The highest BCUT2D eigenvalue weighted by Crippen LogP contribution is 2.40. The first-order valence-corrected chi connectivity index (χ1v) is 7.16. The Labute approximate surface area is 127 Å². The molecule has 4 aromatic rings. The van der Waals surface area contributed by atoms with Gasteiger partial charge in [0.25, 0.3) is 0 Å². The van der Waals surface area contributed by atoms with Crippen LogP contribution < -0.4 is 0 Å². The van der Waals surface area contributed by atoms with Gasteiger partial charge in [-0.3, -0.25) is 4.79 Å². The van der Waals surface area contributed by atoms with E-state index in [1.165, 1.54) is 0 Å². The number of hydrogen-bond donors (Lipinski definition) is 0. The molecule has 2 aromatic carbocycles. The molecule has 0 amide bonds. The van der Waals surface area contributed by atoms with E-state index in [4.69, 9.17) is 8.83 Å². The molecule has 2 aromatic heterocycles. The molecule has 22 heavy (non-hydrogen) atoms. The third kappa shape index (κ3) is 1.72. The van der Waals surface area contributed by atoms with Crippen LogP contribution in [0.3, 0.4) is 0 Å². The summed E-state index contributed by atoms with van der Waals surface area (Å²) in [5, 5.41) is 2.70. The maximum absolute atomic E-state index is 11.6. The molecule has 3 heteroatoms. The Morgan fingerprint density at radius 2 is 1.64 bits per heavy atom. The molecule has 0 bridgehead atoms. The third-order valence-corrected chi connectivity index (χ3v) is 3.96. The molecule has 2 heterocycles. The summed E-state index contributed by atoms with van der Waals surface area (Å²) >= 11 is 0. The molecule has 0 spiro atoms. The van der Waals surface area contributed by atoms with E-state index in [1.807, 2.05) is 56.3 Å². The molecule has 0 radical (unpaired) electrons. The molecule has 0 aliphatic carbocycles. The zero-order chi connectivity index (χ0) is 15.3. The van der Waals surface area contributed by atoms with Crippen molar-refractivity contribution in [1.29, 1.82) is 0 Å². The smallest absolute Gasteiger partial charge is 0.151 e. The molecule has 0 unspecified atom stereocenters. The molecule has 4 rings (SSSR count). The van der Waals surface area contributed by atoms with Crippen LogP contribution in [0.4, 0.5) is 0 Å². The van der Waals surface area contributed by atoms with Gasteiger partial charge in [0.1, 0.15) is 22.9 Å². The van der Waals surface area contributed by atoms with Crippen LogP contribution in [0.2, 0.25) is 0 Å². The van der Waals surface area contributed by atoms with E-state index < -0.39 is 0 Å². The van der Waals surface area contributed by atoms with Gasteiger partial charge in [-0.05, 0) is 42.8 Å². The van der Waals surface area contributed by atoms with Crippen molar-refractivity contribution in [2.24, 2.45) is 0 Å². The van der Waals surface area contributed by atoms with Crippen molar-refractivity contribution in [3.63, 3.8) is 0 Å². The van der Waals surface area contributed by atoms with E-state index >= 15 is 0 Å². The Morgan fingerprint density at radius 1 is 0.864 bits per heavy atom. The highest BCUT2D eigenvalue weighted by atomic mass is 16.4. The SMILES string of the molecule is Cc1ccc(-c2c3ccccc3c(C=O)c3cc(C)oc23)o1. The van der Waals surface area contributed by atoms with E-state index in [2.05, 4.69) is 0 Å². The van der Waals surface area contributed by atoms with Crippen LogP contribution in [0.1, 0.15) is 21.9 Å². The molecular formula is C19H14O3. The Morgan fingerprint density at radius 3 is 2.32 bits per heavy atom. The fraction of sp³-hybridized carbons (Fsp3) is 0.105. The fourth-order valence-electron chi connectivity index (χ4n) is 3.04. The van der Waals surface area contributed by atoms with E-state index in [9.17, 15) is 4.79 Å². The first kappa shape index (κ1) is 12.9. The van der Waals surface area contributed by atoms with Crippen LogP contribution in [0.15, 0.2) is 51.3 Å². The van der Waals surface area contributed by atoms with Gasteiger partial charge in [-0.25, -0.2) is 0 Å². The zero-order valence-electron chi connectivity index (χ0n) is 12.3. The number of hydrogen-bond acceptors (Lipinski definition) is 3. The zero-order valence-corrected chi connectivity index (χ0v) is 12.3. The lowest BCUT2D eigenvalue weighted by molar-refractivity contribution is 0.112. The maximum Gasteiger partial charge on any atom is 0.151 e. The fourth-order valence-corrected chi connectivity index (χ4v) is 3.04. The summed E-state index contributed by atoms with van der Waals surface area (Å²) in [6.45, 7) is 3.80. The molecule has 0 N–H and O–H groups in total. The number of fused-ring (bicyclic) bond motifs is 2. The molecule has 0 aliphatic heterocycles. The van der Waals surface area contributed by atoms with Gasteiger partial charge >= 0.3 is 0 Å². The normalized spacial score (nSPS) is 11.4. The molecule has 0 fully saturated rings. The number of carbonyl (C=O) groups excluding carboxylic acids is 1. The summed E-state index contributed by atoms with van der Waals surface area (Å²) in [5.74, 6) is 2.37. The van der Waals surface area contributed by atoms with E-state index in [1.54, 1.807) is 0 Å². The van der Waals surface area contributed by atoms with Crippen LogP contribution >= 0.6 is 0 Å². The van der Waals surface area contributed by atoms with Gasteiger partial charge in [-0.2, -0.15) is 0 Å². The first-order valence-electron chi connectivity index (χ1n) is 7.16. The average Bonchev–Trinajstić information content (AvgIpc) is 3.09. The minimum atomic E-state index is 0.662. The number of carbonyl (C=O) groups is 1. The summed E-state index contributed by atoms with van der Waals surface area (Å²) in [6.07, 6.45) is 0.900. The van der Waals surface area contributed by atoms with Gasteiger partial charge < -0.3 is 8.83 Å². The standard InChI is InChI=1S/C19H14O3/c1-11-7-8-17(21-11)18-14-6-4-3-5-13(14)16(10-20)15-9-12(2)22-19(15)18/h3-10H,1-2H3. The summed E-state index contributed by atoms with van der Waals surface area (Å²) in [6, 6.07) is 13.6. The van der Waals surface area contributed by atoms with Crippen LogP contribution in [-0.4, -0.2) is 6.29 Å². The van der Waals surface area contributed by atoms with Gasteiger partial charge in [0, 0.05) is 10.9 Å². The topological polar surface area (TPSA) is 43.4 Å². The summed E-state index contributed by atoms with van der Waals surface area (Å²) in [7, 11) is 0. The van der Waals surface area contributed by atoms with Crippen molar-refractivity contribution in [2.45, 2.75) is 13.8 Å². The minimum Gasteiger partial charge on any atom is -0.461 e. The number of furan rings is 2. The average molecular weight is 290 g/mol. The molecule has 0 aliphatic rings. The van der Waals surface area contributed by atoms with Crippen LogP contribution in [0.25, 0.3) is 33.1 Å². The van der Waals surface area contributed by atoms with Crippen molar-refractivity contribution in [3.8, 4) is 11.3 Å². The lowest BCUT2D eigenvalue weighted by Gasteiger charge is -2.08. The van der Waals surface area contributed by atoms with Crippen LogP contribution in [0, 0.1) is 13.8 Å². The van der Waals surface area contributed by atoms with Crippen LogP contribution in [0.5, 0.6) is 0 Å². The maximum atomic E-state index is 11.6. The number of benzene rings is 2. The second-order valence-electron chi connectivity index (χ2n) is 5.46. The first-order chi connectivity index (χ1) is 10.7. The lowest BCUT2D eigenvalue weighted by atomic mass is 9.95. The number of aldehydes is 1. The van der Waals surface area contributed by atoms with Gasteiger partial charge in [0.2, 0.25) is 0 Å². The van der Waals surface area contributed by atoms with E-state index in [0.29, 0.717) is 11.1 Å². The van der Waals surface area contributed by atoms with Gasteiger partial charge in [0.05, 0.1) is 5.56 Å². The Kier molecular flexibility index (Phi) is 2.70. The summed E-state index contributed by atoms with van der Waals surface area (Å²) in [5.41, 5.74) is 2.26. The highest BCUT2D eigenvalue weighted by molar-refractivity contribution is 6.18. The summed E-state index contributed by atoms with van der Waals surface area (Å²) < 4.78 is 11.7. The van der Waals surface area contributed by atoms with E-state index in [-0.39, 0.29) is 0 Å². The molecule has 0 saturated carbocycles. The van der Waals surface area contributed by atoms with Gasteiger partial charge in [-0.15, -0.1) is 0 Å². The van der Waals surface area contributed by atoms with Crippen molar-refractivity contribution in [1.82, 2.24) is 0 Å². The van der Waals surface area contributed by atoms with Crippen LogP contribution in [-0.2, 0) is 0 Å². The predicted octanol–water partition coefficient (Wildman–Crippen LogP) is 5.28. The second kappa shape index (κ2) is 4.60. The van der Waals surface area contributed by atoms with Gasteiger partial charge in [0.15, 0.2) is 6.29 Å². The lowest BCUT2D eigenvalue weighted by Crippen LogP contribution is -1.89. The van der Waals surface area contributed by atoms with Crippen molar-refractivity contribution < 1.29 is 13.6 Å². The molecule has 108 valence electrons. The Balaban J connectivity index is 2.28. The van der Waals surface area contributed by atoms with Crippen molar-refractivity contribution in [3.05, 3.63) is 59.5 Å². The Bertz CT molecular complexity index is 1020. The number of aryl methyl sites for hydroxylation is 2.